The lowest BCUT2D eigenvalue weighted by Crippen LogP contribution is -2.38. The van der Waals surface area contributed by atoms with Crippen LogP contribution in [0.25, 0.3) is 10.8 Å². The maximum Gasteiger partial charge on any atom is 0.238 e. The van der Waals surface area contributed by atoms with E-state index in [0.717, 1.165) is 16.6 Å². The van der Waals surface area contributed by atoms with Crippen LogP contribution < -0.4 is 15.4 Å². The van der Waals surface area contributed by atoms with Crippen LogP contribution in [0.5, 0.6) is 0 Å². The molecular formula is C21H21ClN4O3S. The van der Waals surface area contributed by atoms with Crippen molar-refractivity contribution in [3.05, 3.63) is 59.8 Å². The predicted octanol–water partition coefficient (Wildman–Crippen LogP) is 3.39. The summed E-state index contributed by atoms with van der Waals surface area (Å²) in [5.41, 5.74) is 0.540. The van der Waals surface area contributed by atoms with Crippen LogP contribution in [0.3, 0.4) is 0 Å². The number of rotatable bonds is 4. The number of aromatic nitrogens is 1. The largest absolute Gasteiger partial charge is 0.357 e. The summed E-state index contributed by atoms with van der Waals surface area (Å²) >= 11 is 6.34. The van der Waals surface area contributed by atoms with Gasteiger partial charge in [0.15, 0.2) is 0 Å². The summed E-state index contributed by atoms with van der Waals surface area (Å²) in [7, 11) is -3.75. The number of anilines is 2. The summed E-state index contributed by atoms with van der Waals surface area (Å²) < 4.78 is 22.7. The second kappa shape index (κ2) is 8.22. The number of hydrogen-bond donors (Lipinski definition) is 2. The molecule has 1 aliphatic rings. The lowest BCUT2D eigenvalue weighted by Gasteiger charge is -2.32. The second-order valence-corrected chi connectivity index (χ2v) is 9.23. The first-order valence-electron chi connectivity index (χ1n) is 9.55. The molecule has 3 aromatic rings. The molecule has 0 aliphatic carbocycles. The van der Waals surface area contributed by atoms with Crippen molar-refractivity contribution < 1.29 is 13.2 Å². The molecule has 1 saturated heterocycles. The first-order valence-corrected chi connectivity index (χ1v) is 11.5. The van der Waals surface area contributed by atoms with E-state index in [9.17, 15) is 13.2 Å². The lowest BCUT2D eigenvalue weighted by atomic mass is 9.95. The van der Waals surface area contributed by atoms with Gasteiger partial charge in [-0.3, -0.25) is 4.79 Å². The van der Waals surface area contributed by atoms with Crippen LogP contribution in [0.2, 0.25) is 5.15 Å². The average molecular weight is 445 g/mol. The summed E-state index contributed by atoms with van der Waals surface area (Å²) in [5.74, 6) is 0.605. The van der Waals surface area contributed by atoms with E-state index in [2.05, 4.69) is 15.2 Å². The first kappa shape index (κ1) is 20.6. The fourth-order valence-electron chi connectivity index (χ4n) is 3.65. The van der Waals surface area contributed by atoms with E-state index in [1.165, 1.54) is 24.3 Å². The number of pyridine rings is 1. The topological polar surface area (TPSA) is 105 Å². The van der Waals surface area contributed by atoms with Gasteiger partial charge >= 0.3 is 0 Å². The highest BCUT2D eigenvalue weighted by Crippen LogP contribution is 2.29. The number of hydrogen-bond acceptors (Lipinski definition) is 5. The van der Waals surface area contributed by atoms with Gasteiger partial charge < -0.3 is 10.2 Å². The van der Waals surface area contributed by atoms with Crippen molar-refractivity contribution in [2.24, 2.45) is 11.1 Å². The van der Waals surface area contributed by atoms with E-state index < -0.39 is 10.0 Å². The highest BCUT2D eigenvalue weighted by molar-refractivity contribution is 7.89. The molecule has 0 radical (unpaired) electrons. The minimum absolute atomic E-state index is 0.00959. The zero-order chi connectivity index (χ0) is 21.3. The van der Waals surface area contributed by atoms with E-state index in [1.807, 2.05) is 30.3 Å². The number of halogens is 1. The molecular weight excluding hydrogens is 424 g/mol. The molecule has 0 bridgehead atoms. The summed E-state index contributed by atoms with van der Waals surface area (Å²) in [4.78, 5) is 19.3. The number of carbonyl (C=O) groups excluding carboxylic acids is 1. The normalized spacial score (nSPS) is 15.3. The Bertz CT molecular complexity index is 1190. The molecule has 1 fully saturated rings. The number of nitrogens with two attached hydrogens (primary N) is 1. The number of nitrogens with one attached hydrogen (secondary N) is 1. The molecule has 9 heteroatoms. The van der Waals surface area contributed by atoms with Crippen molar-refractivity contribution in [2.75, 3.05) is 23.3 Å². The number of amides is 1. The monoisotopic (exact) mass is 444 g/mol. The maximum absolute atomic E-state index is 12.6. The highest BCUT2D eigenvalue weighted by atomic mass is 35.5. The molecule has 30 heavy (non-hydrogen) atoms. The molecule has 7 nitrogen and oxygen atoms in total. The Kier molecular flexibility index (Phi) is 5.64. The number of primary sulfonamides is 1. The lowest BCUT2D eigenvalue weighted by molar-refractivity contribution is -0.120. The van der Waals surface area contributed by atoms with Crippen molar-refractivity contribution in [2.45, 2.75) is 17.7 Å². The minimum Gasteiger partial charge on any atom is -0.357 e. The molecule has 0 saturated carbocycles. The number of carbonyl (C=O) groups is 1. The molecule has 4 rings (SSSR count). The van der Waals surface area contributed by atoms with Crippen molar-refractivity contribution in [1.82, 2.24) is 4.98 Å². The molecule has 3 N–H and O–H groups in total. The van der Waals surface area contributed by atoms with Crippen LogP contribution in [0.15, 0.2) is 59.5 Å². The van der Waals surface area contributed by atoms with Crippen molar-refractivity contribution >= 4 is 49.8 Å². The predicted molar refractivity (Wildman–Crippen MR) is 118 cm³/mol. The molecule has 1 amide bonds. The van der Waals surface area contributed by atoms with Crippen LogP contribution >= 0.6 is 11.6 Å². The van der Waals surface area contributed by atoms with Gasteiger partial charge in [0.2, 0.25) is 15.9 Å². The molecule has 1 aromatic heterocycles. The number of piperidine rings is 1. The van der Waals surface area contributed by atoms with Crippen molar-refractivity contribution in [3.63, 3.8) is 0 Å². The van der Waals surface area contributed by atoms with Gasteiger partial charge in [0.1, 0.15) is 11.0 Å². The summed E-state index contributed by atoms with van der Waals surface area (Å²) in [5, 5.41) is 10.4. The van der Waals surface area contributed by atoms with Crippen LogP contribution in [-0.2, 0) is 14.8 Å². The Labute approximate surface area is 179 Å². The smallest absolute Gasteiger partial charge is 0.238 e. The number of sulfonamides is 1. The Morgan fingerprint density at radius 3 is 2.43 bits per heavy atom. The van der Waals surface area contributed by atoms with Crippen LogP contribution in [0, 0.1) is 5.92 Å². The van der Waals surface area contributed by atoms with Crippen LogP contribution in [0.1, 0.15) is 12.8 Å². The third kappa shape index (κ3) is 4.40. The zero-order valence-electron chi connectivity index (χ0n) is 16.1. The summed E-state index contributed by atoms with van der Waals surface area (Å²) in [6, 6.07) is 15.7. The third-order valence-electron chi connectivity index (χ3n) is 5.32. The standard InChI is InChI=1S/C21H21ClN4O3S/c22-20-18-4-2-1-3-15(18)13-19(25-20)26-11-9-14(10-12-26)21(27)24-16-5-7-17(8-6-16)30(23,28)29/h1-8,13-14H,9-12H2,(H,24,27)(H2,23,28,29). The third-order valence-corrected chi connectivity index (χ3v) is 6.54. The van der Waals surface area contributed by atoms with Gasteiger partial charge in [-0.2, -0.15) is 0 Å². The molecule has 0 spiro atoms. The van der Waals surface area contributed by atoms with Crippen molar-refractivity contribution in [3.8, 4) is 0 Å². The molecule has 156 valence electrons. The minimum atomic E-state index is -3.75. The van der Waals surface area contributed by atoms with Gasteiger partial charge in [-0.15, -0.1) is 0 Å². The number of fused-ring (bicyclic) bond motifs is 1. The maximum atomic E-state index is 12.6. The van der Waals surface area contributed by atoms with Gasteiger partial charge in [-0.25, -0.2) is 18.5 Å². The van der Waals surface area contributed by atoms with Crippen LogP contribution in [0.4, 0.5) is 11.5 Å². The van der Waals surface area contributed by atoms with E-state index in [0.29, 0.717) is 36.8 Å². The molecule has 2 heterocycles. The highest BCUT2D eigenvalue weighted by Gasteiger charge is 2.26. The van der Waals surface area contributed by atoms with Gasteiger partial charge in [-0.05, 0) is 48.6 Å². The molecule has 2 aromatic carbocycles. The molecule has 1 aliphatic heterocycles. The summed E-state index contributed by atoms with van der Waals surface area (Å²) in [6.45, 7) is 1.40. The van der Waals surface area contributed by atoms with Gasteiger partial charge in [0.05, 0.1) is 4.90 Å². The van der Waals surface area contributed by atoms with Gasteiger partial charge in [0.25, 0.3) is 0 Å². The Balaban J connectivity index is 1.39. The van der Waals surface area contributed by atoms with E-state index in [-0.39, 0.29) is 16.7 Å². The van der Waals surface area contributed by atoms with E-state index in [4.69, 9.17) is 16.7 Å². The quantitative estimate of drug-likeness (QED) is 0.600. The SMILES string of the molecule is NS(=O)(=O)c1ccc(NC(=O)C2CCN(c3cc4ccccc4c(Cl)n3)CC2)cc1. The Morgan fingerprint density at radius 1 is 1.10 bits per heavy atom. The molecule has 0 atom stereocenters. The van der Waals surface area contributed by atoms with E-state index in [1.54, 1.807) is 0 Å². The van der Waals surface area contributed by atoms with Gasteiger partial charge in [0, 0.05) is 30.1 Å². The zero-order valence-corrected chi connectivity index (χ0v) is 17.7. The van der Waals surface area contributed by atoms with Gasteiger partial charge in [-0.1, -0.05) is 35.9 Å². The number of benzene rings is 2. The molecule has 0 unspecified atom stereocenters. The Hall–Kier alpha value is -2.68. The van der Waals surface area contributed by atoms with E-state index >= 15 is 0 Å². The second-order valence-electron chi connectivity index (χ2n) is 7.31. The Morgan fingerprint density at radius 2 is 1.77 bits per heavy atom. The fraction of sp³-hybridized carbons (Fsp3) is 0.238. The average Bonchev–Trinajstić information content (AvgIpc) is 2.73. The van der Waals surface area contributed by atoms with Crippen molar-refractivity contribution in [1.29, 1.82) is 0 Å². The van der Waals surface area contributed by atoms with Crippen LogP contribution in [-0.4, -0.2) is 32.4 Å². The summed E-state index contributed by atoms with van der Waals surface area (Å²) in [6.07, 6.45) is 1.38. The first-order chi connectivity index (χ1) is 14.3. The number of nitrogens with zero attached hydrogens (tertiary/aromatic N) is 2. The fourth-order valence-corrected chi connectivity index (χ4v) is 4.42.